The summed E-state index contributed by atoms with van der Waals surface area (Å²) in [6, 6.07) is 61.8. The van der Waals surface area contributed by atoms with Crippen molar-refractivity contribution in [2.24, 2.45) is 0 Å². The van der Waals surface area contributed by atoms with Crippen molar-refractivity contribution in [2.45, 2.75) is 131 Å². The van der Waals surface area contributed by atoms with Gasteiger partial charge >= 0.3 is 0 Å². The second kappa shape index (κ2) is 19.1. The molecular weight excluding hydrogens is 968 g/mol. The fourth-order valence-corrected chi connectivity index (χ4v) is 12.6. The molecule has 10 rings (SSSR count). The second-order valence-electron chi connectivity index (χ2n) is 25.8. The molecule has 0 amide bonds. The lowest BCUT2D eigenvalue weighted by atomic mass is 9.79. The van der Waals surface area contributed by atoms with Crippen molar-refractivity contribution in [1.29, 1.82) is 0 Å². The monoisotopic (exact) mass is 1040 g/mol. The van der Waals surface area contributed by atoms with Gasteiger partial charge in [0.2, 0.25) is 0 Å². The molecule has 0 atom stereocenters. The minimum atomic E-state index is -0.0811. The molecule has 0 aliphatic heterocycles. The van der Waals surface area contributed by atoms with Crippen molar-refractivity contribution >= 4 is 98.7 Å². The van der Waals surface area contributed by atoms with Gasteiger partial charge in [-0.15, -0.1) is 22.7 Å². The molecule has 10 aromatic rings. The number of nitrogens with zero attached hydrogens (tertiary/aromatic N) is 2. The SMILES string of the molecule is CC(C)(C)c1ccc(N(c2ccc(C(C)(C)C)cc2-c2ccc3c(c2)sc2ccccc23)c2cccc(N(c3ccc(-c4cc(C(C)(C)C)cc(C(C)(C)C)c4)cc3)c3csc4ccc(C(C)(C)C)cc34)c2Cl)cc1. The normalized spacial score (nSPS) is 12.8. The van der Waals surface area contributed by atoms with Gasteiger partial charge in [0.25, 0.3) is 0 Å². The van der Waals surface area contributed by atoms with Crippen LogP contribution in [-0.4, -0.2) is 0 Å². The van der Waals surface area contributed by atoms with Gasteiger partial charge < -0.3 is 9.80 Å². The van der Waals surface area contributed by atoms with Crippen molar-refractivity contribution < 1.29 is 0 Å². The Bertz CT molecular complexity index is 3710. The van der Waals surface area contributed by atoms with Crippen LogP contribution in [0.15, 0.2) is 169 Å². The molecular formula is C70H73ClN2S2. The smallest absolute Gasteiger partial charge is 0.0887 e. The molecule has 0 radical (unpaired) electrons. The van der Waals surface area contributed by atoms with Crippen molar-refractivity contribution in [3.8, 4) is 22.3 Å². The molecule has 2 heterocycles. The summed E-state index contributed by atoms with van der Waals surface area (Å²) >= 11 is 11.9. The van der Waals surface area contributed by atoms with E-state index in [9.17, 15) is 0 Å². The van der Waals surface area contributed by atoms with E-state index in [-0.39, 0.29) is 27.1 Å². The molecule has 0 unspecified atom stereocenters. The van der Waals surface area contributed by atoms with Crippen LogP contribution in [0.5, 0.6) is 0 Å². The molecule has 5 heteroatoms. The van der Waals surface area contributed by atoms with Crippen molar-refractivity contribution in [1.82, 2.24) is 0 Å². The summed E-state index contributed by atoms with van der Waals surface area (Å²) in [6.45, 7) is 34.5. The van der Waals surface area contributed by atoms with Crippen LogP contribution in [0.4, 0.5) is 34.1 Å². The van der Waals surface area contributed by atoms with Crippen molar-refractivity contribution in [3.63, 3.8) is 0 Å². The number of anilines is 6. The van der Waals surface area contributed by atoms with Gasteiger partial charge in [-0.05, 0) is 144 Å². The lowest BCUT2D eigenvalue weighted by Gasteiger charge is -2.33. The van der Waals surface area contributed by atoms with Crippen LogP contribution < -0.4 is 9.80 Å². The Labute approximate surface area is 460 Å². The van der Waals surface area contributed by atoms with Gasteiger partial charge in [0.05, 0.1) is 27.8 Å². The van der Waals surface area contributed by atoms with Crippen LogP contribution in [0.1, 0.15) is 132 Å². The van der Waals surface area contributed by atoms with E-state index in [2.05, 4.69) is 283 Å². The maximum Gasteiger partial charge on any atom is 0.0887 e. The van der Waals surface area contributed by atoms with E-state index in [1.54, 1.807) is 11.3 Å². The number of rotatable bonds is 8. The largest absolute Gasteiger partial charge is 0.308 e. The van der Waals surface area contributed by atoms with Crippen LogP contribution in [0, 0.1) is 0 Å². The lowest BCUT2D eigenvalue weighted by molar-refractivity contribution is 0.569. The van der Waals surface area contributed by atoms with Gasteiger partial charge in [-0.2, -0.15) is 0 Å². The van der Waals surface area contributed by atoms with Crippen LogP contribution in [-0.2, 0) is 27.1 Å². The minimum Gasteiger partial charge on any atom is -0.308 e. The maximum atomic E-state index is 8.22. The number of thiophene rings is 2. The number of benzene rings is 8. The van der Waals surface area contributed by atoms with Crippen LogP contribution in [0.25, 0.3) is 52.5 Å². The lowest BCUT2D eigenvalue weighted by Crippen LogP contribution is -2.17. The average molecular weight is 1040 g/mol. The third-order valence-corrected chi connectivity index (χ3v) is 17.5. The Kier molecular flexibility index (Phi) is 13.3. The quantitative estimate of drug-likeness (QED) is 0.150. The number of fused-ring (bicyclic) bond motifs is 4. The molecule has 382 valence electrons. The molecule has 0 bridgehead atoms. The minimum absolute atomic E-state index is 0.00508. The second-order valence-corrected chi connectivity index (χ2v) is 28.2. The third-order valence-electron chi connectivity index (χ3n) is 15.0. The number of hydrogen-bond donors (Lipinski definition) is 0. The predicted molar refractivity (Wildman–Crippen MR) is 333 cm³/mol. The van der Waals surface area contributed by atoms with Crippen molar-refractivity contribution in [3.05, 3.63) is 202 Å². The van der Waals surface area contributed by atoms with Gasteiger partial charge in [0.1, 0.15) is 0 Å². The zero-order chi connectivity index (χ0) is 53.6. The van der Waals surface area contributed by atoms with Crippen LogP contribution in [0.3, 0.4) is 0 Å². The highest BCUT2D eigenvalue weighted by atomic mass is 35.5. The summed E-state index contributed by atoms with van der Waals surface area (Å²) in [7, 11) is 0. The molecule has 0 spiro atoms. The van der Waals surface area contributed by atoms with E-state index in [4.69, 9.17) is 11.6 Å². The Hall–Kier alpha value is -6.17. The Morgan fingerprint density at radius 1 is 0.333 bits per heavy atom. The Balaban J connectivity index is 1.20. The zero-order valence-electron chi connectivity index (χ0n) is 46.8. The maximum absolute atomic E-state index is 8.22. The number of halogens is 1. The van der Waals surface area contributed by atoms with E-state index in [0.717, 1.165) is 39.7 Å². The van der Waals surface area contributed by atoms with Gasteiger partial charge in [0.15, 0.2) is 0 Å². The van der Waals surface area contributed by atoms with Crippen LogP contribution >= 0.6 is 34.3 Å². The molecule has 75 heavy (non-hydrogen) atoms. The predicted octanol–water partition coefficient (Wildman–Crippen LogP) is 22.7. The summed E-state index contributed by atoms with van der Waals surface area (Å²) in [4.78, 5) is 4.79. The van der Waals surface area contributed by atoms with E-state index in [1.165, 1.54) is 74.8 Å². The summed E-state index contributed by atoms with van der Waals surface area (Å²) in [5, 5.41) is 6.76. The summed E-state index contributed by atoms with van der Waals surface area (Å²) in [5.41, 5.74) is 17.2. The van der Waals surface area contributed by atoms with Gasteiger partial charge in [0, 0.05) is 52.6 Å². The highest BCUT2D eigenvalue weighted by Crippen LogP contribution is 2.52. The average Bonchev–Trinajstić information content (AvgIpc) is 3.96. The molecule has 0 saturated heterocycles. The van der Waals surface area contributed by atoms with Gasteiger partial charge in [-0.1, -0.05) is 206 Å². The first-order valence-electron chi connectivity index (χ1n) is 26.6. The topological polar surface area (TPSA) is 6.48 Å². The summed E-state index contributed by atoms with van der Waals surface area (Å²) in [6.07, 6.45) is 0. The Morgan fingerprint density at radius 3 is 1.44 bits per heavy atom. The highest BCUT2D eigenvalue weighted by molar-refractivity contribution is 7.25. The Morgan fingerprint density at radius 2 is 0.840 bits per heavy atom. The standard InChI is InChI=1S/C70H73ClN2S2/c1-66(2,3)47-26-32-53(33-27-47)72(58-35-28-48(67(4,5)6)41-56(58)45-25-34-55-54-19-16-17-22-63(54)75-64(55)39-45)59-20-18-21-60(65(59)71)73(61-43-74-62-36-29-49(42-57(61)62)68(7,8)9)52-30-23-44(24-31-52)46-37-50(69(10,11)12)40-51(38-46)70(13,14)15/h16-43H,1-15H3. The highest BCUT2D eigenvalue weighted by Gasteiger charge is 2.29. The van der Waals surface area contributed by atoms with E-state index in [1.807, 2.05) is 11.3 Å². The summed E-state index contributed by atoms with van der Waals surface area (Å²) < 4.78 is 3.81. The van der Waals surface area contributed by atoms with E-state index < -0.39 is 0 Å². The first-order chi connectivity index (χ1) is 35.2. The van der Waals surface area contributed by atoms with Gasteiger partial charge in [-0.3, -0.25) is 0 Å². The summed E-state index contributed by atoms with van der Waals surface area (Å²) in [5.74, 6) is 0. The molecule has 0 fully saturated rings. The van der Waals surface area contributed by atoms with Gasteiger partial charge in [-0.25, -0.2) is 0 Å². The molecule has 8 aromatic carbocycles. The van der Waals surface area contributed by atoms with E-state index >= 15 is 0 Å². The van der Waals surface area contributed by atoms with Crippen molar-refractivity contribution in [2.75, 3.05) is 9.80 Å². The molecule has 0 saturated carbocycles. The first kappa shape index (κ1) is 52.3. The van der Waals surface area contributed by atoms with E-state index in [0.29, 0.717) is 5.02 Å². The molecule has 0 N–H and O–H groups in total. The first-order valence-corrected chi connectivity index (χ1v) is 28.7. The fourth-order valence-electron chi connectivity index (χ4n) is 10.2. The zero-order valence-corrected chi connectivity index (χ0v) is 49.1. The molecule has 0 aliphatic rings. The molecule has 2 aromatic heterocycles. The molecule has 2 nitrogen and oxygen atoms in total. The number of hydrogen-bond acceptors (Lipinski definition) is 4. The third kappa shape index (κ3) is 10.3. The molecule has 0 aliphatic carbocycles. The van der Waals surface area contributed by atoms with Crippen LogP contribution in [0.2, 0.25) is 5.02 Å². The fraction of sp³-hybridized carbons (Fsp3) is 0.286.